The first-order valence-corrected chi connectivity index (χ1v) is 17.9. The highest BCUT2D eigenvalue weighted by atomic mass is 16.4. The highest BCUT2D eigenvalue weighted by molar-refractivity contribution is 6.11. The number of amides is 1. The highest BCUT2D eigenvalue weighted by Gasteiger charge is 2.27. The van der Waals surface area contributed by atoms with E-state index in [0.717, 1.165) is 11.8 Å². The van der Waals surface area contributed by atoms with Gasteiger partial charge in [0.05, 0.1) is 34.2 Å². The van der Waals surface area contributed by atoms with Crippen LogP contribution in [0.1, 0.15) is 47.0 Å². The van der Waals surface area contributed by atoms with E-state index in [0.29, 0.717) is 39.0 Å². The number of carboxylic acid groups (broad SMARTS) is 3. The minimum absolute atomic E-state index is 0.000122. The Morgan fingerprint density at radius 1 is 0.644 bits per heavy atom. The lowest BCUT2D eigenvalue weighted by molar-refractivity contribution is 0.0682. The van der Waals surface area contributed by atoms with Gasteiger partial charge in [-0.2, -0.15) is 0 Å². The van der Waals surface area contributed by atoms with Crippen molar-refractivity contribution in [3.05, 3.63) is 147 Å². The van der Waals surface area contributed by atoms with Crippen molar-refractivity contribution in [2.24, 2.45) is 0 Å². The van der Waals surface area contributed by atoms with Gasteiger partial charge in [-0.15, -0.1) is 0 Å². The van der Waals surface area contributed by atoms with Gasteiger partial charge in [0.25, 0.3) is 5.91 Å². The molecular weight excluding hydrogens is 759 g/mol. The van der Waals surface area contributed by atoms with Gasteiger partial charge in [0.15, 0.2) is 5.43 Å². The van der Waals surface area contributed by atoms with E-state index < -0.39 is 29.2 Å². The normalized spacial score (nSPS) is 11.3. The van der Waals surface area contributed by atoms with Gasteiger partial charge in [0, 0.05) is 76.6 Å². The number of nitrogens with one attached hydrogen (secondary N) is 2. The van der Waals surface area contributed by atoms with E-state index in [9.17, 15) is 44.4 Å². The zero-order valence-corrected chi connectivity index (χ0v) is 31.1. The molecule has 14 heteroatoms. The SMILES string of the molecule is CN(C)c1ccc2c(-c3ccc(C(=O)NCc4c(O)ccc5c(-c6ccc(C(=O)O)cc6C(=O)O)c6ccc(=O)cc-6oc45)cc3C(=O)O)c3ccc(=N)cc-3oc2c1. The number of benzene rings is 6. The van der Waals surface area contributed by atoms with E-state index in [-0.39, 0.29) is 73.3 Å². The quantitative estimate of drug-likeness (QED) is 0.0788. The predicted octanol–water partition coefficient (Wildman–Crippen LogP) is 7.36. The summed E-state index contributed by atoms with van der Waals surface area (Å²) in [6, 6.07) is 24.9. The number of anilines is 1. The number of carbonyl (C=O) groups excluding carboxylic acids is 1. The Morgan fingerprint density at radius 2 is 1.24 bits per heavy atom. The van der Waals surface area contributed by atoms with Crippen LogP contribution in [0.2, 0.25) is 0 Å². The summed E-state index contributed by atoms with van der Waals surface area (Å²) in [4.78, 5) is 65.2. The maximum absolute atomic E-state index is 13.8. The van der Waals surface area contributed by atoms with Crippen LogP contribution in [-0.4, -0.2) is 58.3 Å². The Hall–Kier alpha value is -8.26. The minimum atomic E-state index is -1.41. The molecule has 0 saturated heterocycles. The smallest absolute Gasteiger partial charge is 0.336 e. The summed E-state index contributed by atoms with van der Waals surface area (Å²) in [6.45, 7) is -0.361. The first-order chi connectivity index (χ1) is 28.2. The number of carbonyl (C=O) groups is 4. The van der Waals surface area contributed by atoms with Crippen LogP contribution in [0.25, 0.3) is 66.8 Å². The van der Waals surface area contributed by atoms with Gasteiger partial charge in [-0.05, 0) is 83.9 Å². The lowest BCUT2D eigenvalue weighted by Crippen LogP contribution is -2.23. The van der Waals surface area contributed by atoms with Crippen LogP contribution in [0.3, 0.4) is 0 Å². The van der Waals surface area contributed by atoms with Gasteiger partial charge in [0.1, 0.15) is 28.4 Å². The fraction of sp³-hybridized carbons (Fsp3) is 0.0667. The summed E-state index contributed by atoms with van der Waals surface area (Å²) in [6.07, 6.45) is 0. The largest absolute Gasteiger partial charge is 0.507 e. The molecule has 2 heterocycles. The number of aromatic carboxylic acids is 3. The predicted molar refractivity (Wildman–Crippen MR) is 217 cm³/mol. The average molecular weight is 790 g/mol. The number of nitrogens with zero attached hydrogens (tertiary/aromatic N) is 1. The van der Waals surface area contributed by atoms with E-state index in [4.69, 9.17) is 14.2 Å². The standard InChI is InChI=1S/C45H31N3O11/c1-48(2)24-6-11-29-37(18-24)58-36-17-23(46)5-10-28(36)39(29)26-8-3-21(15-32(26)44(54)55)42(51)47-20-34-35(50)14-13-31-40(30-12-7-25(49)19-38(30)59-41(31)34)27-9-4-22(43(52)53)16-33(27)45(56)57/h3-19,46,50H,20H2,1-2H3,(H,47,51)(H,52,53)(H,54,55)(H,56,57). The molecule has 1 amide bonds. The summed E-state index contributed by atoms with van der Waals surface area (Å²) in [7, 11) is 3.75. The maximum Gasteiger partial charge on any atom is 0.336 e. The molecular formula is C45H31N3O11. The van der Waals surface area contributed by atoms with Crippen LogP contribution < -0.4 is 21.0 Å². The molecule has 0 unspecified atom stereocenters. The summed E-state index contributed by atoms with van der Waals surface area (Å²) >= 11 is 0. The zero-order chi connectivity index (χ0) is 41.9. The van der Waals surface area contributed by atoms with Gasteiger partial charge >= 0.3 is 17.9 Å². The van der Waals surface area contributed by atoms with Crippen LogP contribution >= 0.6 is 0 Å². The summed E-state index contributed by atoms with van der Waals surface area (Å²) in [5.41, 5.74) is 2.23. The molecule has 0 atom stereocenters. The third-order valence-corrected chi connectivity index (χ3v) is 10.1. The fourth-order valence-corrected chi connectivity index (χ4v) is 7.31. The van der Waals surface area contributed by atoms with Crippen LogP contribution in [-0.2, 0) is 6.54 Å². The zero-order valence-electron chi connectivity index (χ0n) is 31.1. The van der Waals surface area contributed by atoms with Crippen LogP contribution in [0.15, 0.2) is 117 Å². The number of phenolic OH excluding ortho intramolecular Hbond substituents is 1. The molecule has 6 N–H and O–H groups in total. The second-order valence-corrected chi connectivity index (χ2v) is 14.0. The highest BCUT2D eigenvalue weighted by Crippen LogP contribution is 2.45. The molecule has 4 aromatic carbocycles. The van der Waals surface area contributed by atoms with E-state index in [1.165, 1.54) is 60.7 Å². The molecule has 0 radical (unpaired) electrons. The molecule has 59 heavy (non-hydrogen) atoms. The Labute approximate surface area is 332 Å². The second kappa shape index (κ2) is 14.4. The Bertz CT molecular complexity index is 3160. The van der Waals surface area contributed by atoms with Crippen molar-refractivity contribution in [3.63, 3.8) is 0 Å². The van der Waals surface area contributed by atoms with E-state index in [1.54, 1.807) is 18.2 Å². The van der Waals surface area contributed by atoms with Crippen LogP contribution in [0.5, 0.6) is 5.75 Å². The van der Waals surface area contributed by atoms with Gasteiger partial charge in [0.2, 0.25) is 0 Å². The maximum atomic E-state index is 13.8. The van der Waals surface area contributed by atoms with Crippen molar-refractivity contribution in [2.45, 2.75) is 6.54 Å². The number of fused-ring (bicyclic) bond motifs is 4. The molecule has 4 aromatic rings. The summed E-state index contributed by atoms with van der Waals surface area (Å²) in [5.74, 6) is -4.67. The first kappa shape index (κ1) is 37.7. The average Bonchev–Trinajstić information content (AvgIpc) is 3.20. The Morgan fingerprint density at radius 3 is 1.90 bits per heavy atom. The monoisotopic (exact) mass is 789 g/mol. The molecule has 8 rings (SSSR count). The third-order valence-electron chi connectivity index (χ3n) is 10.1. The van der Waals surface area contributed by atoms with Gasteiger partial charge in [-0.1, -0.05) is 12.1 Å². The minimum Gasteiger partial charge on any atom is -0.507 e. The van der Waals surface area contributed by atoms with Crippen molar-refractivity contribution in [1.29, 1.82) is 5.41 Å². The molecule has 0 spiro atoms. The third kappa shape index (κ3) is 6.63. The van der Waals surface area contributed by atoms with Crippen molar-refractivity contribution >= 4 is 51.4 Å². The number of aromatic hydroxyl groups is 1. The molecule has 4 aliphatic rings. The van der Waals surface area contributed by atoms with Gasteiger partial charge in [-0.25, -0.2) is 14.4 Å². The van der Waals surface area contributed by atoms with E-state index in [2.05, 4.69) is 5.32 Å². The summed E-state index contributed by atoms with van der Waals surface area (Å²) < 4.78 is 12.4. The van der Waals surface area contributed by atoms with Crippen LogP contribution in [0, 0.1) is 5.41 Å². The van der Waals surface area contributed by atoms with Gasteiger partial charge in [-0.3, -0.25) is 9.59 Å². The topological polar surface area (TPSA) is 232 Å². The van der Waals surface area contributed by atoms with Gasteiger partial charge < -0.3 is 44.9 Å². The molecule has 2 aliphatic heterocycles. The van der Waals surface area contributed by atoms with Crippen LogP contribution in [0.4, 0.5) is 5.69 Å². The second-order valence-electron chi connectivity index (χ2n) is 14.0. The van der Waals surface area contributed by atoms with E-state index in [1.807, 2.05) is 37.2 Å². The number of rotatable bonds is 9. The van der Waals surface area contributed by atoms with Crippen molar-refractivity contribution in [1.82, 2.24) is 5.32 Å². The molecule has 0 bridgehead atoms. The number of phenols is 1. The lowest BCUT2D eigenvalue weighted by atomic mass is 9.89. The van der Waals surface area contributed by atoms with Crippen molar-refractivity contribution in [2.75, 3.05) is 19.0 Å². The number of hydrogen-bond acceptors (Lipinski definition) is 10. The molecule has 0 aromatic heterocycles. The Kier molecular flexibility index (Phi) is 9.16. The molecule has 292 valence electrons. The van der Waals surface area contributed by atoms with Crippen molar-refractivity contribution in [3.8, 4) is 50.7 Å². The first-order valence-electron chi connectivity index (χ1n) is 17.9. The number of carboxylic acids is 3. The fourth-order valence-electron chi connectivity index (χ4n) is 7.31. The Balaban J connectivity index is 1.22. The molecule has 0 fully saturated rings. The molecule has 2 aliphatic carbocycles. The lowest BCUT2D eigenvalue weighted by Gasteiger charge is -2.19. The van der Waals surface area contributed by atoms with E-state index >= 15 is 0 Å². The summed E-state index contributed by atoms with van der Waals surface area (Å²) in [5, 5.41) is 53.3. The molecule has 0 saturated carbocycles. The molecule has 14 nitrogen and oxygen atoms in total. The number of hydrogen-bond donors (Lipinski definition) is 6. The van der Waals surface area contributed by atoms with Crippen molar-refractivity contribution < 1.29 is 48.4 Å².